The molecule has 0 amide bonds. The van der Waals surface area contributed by atoms with E-state index < -0.39 is 26.5 Å². The van der Waals surface area contributed by atoms with Crippen molar-refractivity contribution in [2.24, 2.45) is 0 Å². The smallest absolute Gasteiger partial charge is 0.462 e. The van der Waals surface area contributed by atoms with Gasteiger partial charge in [-0.1, -0.05) is 246 Å². The number of allylic oxidation sites excluding steroid dienone is 16. The van der Waals surface area contributed by atoms with E-state index in [4.69, 9.17) is 18.5 Å². The Morgan fingerprint density at radius 2 is 0.750 bits per heavy atom. The predicted molar refractivity (Wildman–Crippen MR) is 325 cm³/mol. The number of esters is 2. The molecule has 0 radical (unpaired) electrons. The SMILES string of the molecule is CC/C=C\C/C=C\C/C=C\C/C=C\C/C=C\C/C=C\CCCCC(=O)OC(COC(=O)CCCCCCCCCCCCCCCCCCCCC/C=C\C/C=C\CCCCCCC)COP(=O)(O)OCC[N+](C)(C)C. The molecule has 76 heavy (non-hydrogen) atoms. The zero-order chi connectivity index (χ0) is 55.6. The Hall–Kier alpha value is -3.07. The number of carbonyl (C=O) groups excluding carboxylic acids is 2. The summed E-state index contributed by atoms with van der Waals surface area (Å²) in [7, 11) is 1.44. The van der Waals surface area contributed by atoms with Gasteiger partial charge in [-0.2, -0.15) is 0 Å². The van der Waals surface area contributed by atoms with Crippen LogP contribution in [0.15, 0.2) is 97.2 Å². The van der Waals surface area contributed by atoms with E-state index in [-0.39, 0.29) is 32.0 Å². The van der Waals surface area contributed by atoms with Gasteiger partial charge in [0, 0.05) is 12.8 Å². The maximum atomic E-state index is 12.8. The Balaban J connectivity index is 4.13. The summed E-state index contributed by atoms with van der Waals surface area (Å²) in [5, 5.41) is 0. The first-order valence-corrected chi connectivity index (χ1v) is 32.5. The van der Waals surface area contributed by atoms with E-state index in [2.05, 4.69) is 111 Å². The van der Waals surface area contributed by atoms with Crippen molar-refractivity contribution in [1.29, 1.82) is 0 Å². The first kappa shape index (κ1) is 72.9. The lowest BCUT2D eigenvalue weighted by molar-refractivity contribution is -0.870. The van der Waals surface area contributed by atoms with Crippen molar-refractivity contribution < 1.29 is 42.1 Å². The van der Waals surface area contributed by atoms with Gasteiger partial charge in [0.15, 0.2) is 6.10 Å². The number of phosphoric acid groups is 1. The maximum Gasteiger partial charge on any atom is 0.472 e. The number of unbranched alkanes of at least 4 members (excludes halogenated alkanes) is 26. The van der Waals surface area contributed by atoms with Gasteiger partial charge in [0.25, 0.3) is 0 Å². The first-order chi connectivity index (χ1) is 37.0. The molecule has 1 N–H and O–H groups in total. The molecule has 0 bridgehead atoms. The fraction of sp³-hybridized carbons (Fsp3) is 0.727. The molecule has 2 unspecified atom stereocenters. The average molecular weight is 1080 g/mol. The van der Waals surface area contributed by atoms with Crippen molar-refractivity contribution in [2.45, 2.75) is 264 Å². The van der Waals surface area contributed by atoms with E-state index in [9.17, 15) is 19.0 Å². The number of hydrogen-bond acceptors (Lipinski definition) is 7. The van der Waals surface area contributed by atoms with Gasteiger partial charge in [-0.05, 0) is 96.3 Å². The Kier molecular flexibility index (Phi) is 54.4. The van der Waals surface area contributed by atoms with Crippen LogP contribution in [0.5, 0.6) is 0 Å². The molecule has 0 spiro atoms. The van der Waals surface area contributed by atoms with Gasteiger partial charge < -0.3 is 18.9 Å². The molecule has 0 aliphatic heterocycles. The van der Waals surface area contributed by atoms with Gasteiger partial charge in [0.1, 0.15) is 19.8 Å². The number of phosphoric ester groups is 1. The highest BCUT2D eigenvalue weighted by atomic mass is 31.2. The van der Waals surface area contributed by atoms with E-state index >= 15 is 0 Å². The number of carbonyl (C=O) groups is 2. The van der Waals surface area contributed by atoms with E-state index in [0.717, 1.165) is 77.0 Å². The third-order valence-electron chi connectivity index (χ3n) is 13.1. The van der Waals surface area contributed by atoms with Crippen LogP contribution in [0.3, 0.4) is 0 Å². The summed E-state index contributed by atoms with van der Waals surface area (Å²) in [5.74, 6) is -0.847. The Bertz CT molecular complexity index is 1600. The molecule has 0 aromatic carbocycles. The van der Waals surface area contributed by atoms with Crippen molar-refractivity contribution in [1.82, 2.24) is 0 Å². The largest absolute Gasteiger partial charge is 0.472 e. The quantitative estimate of drug-likeness (QED) is 0.0211. The number of hydrogen-bond donors (Lipinski definition) is 1. The van der Waals surface area contributed by atoms with Gasteiger partial charge in [0.05, 0.1) is 27.7 Å². The summed E-state index contributed by atoms with van der Waals surface area (Å²) >= 11 is 0. The topological polar surface area (TPSA) is 108 Å². The van der Waals surface area contributed by atoms with Crippen molar-refractivity contribution in [3.63, 3.8) is 0 Å². The molecule has 438 valence electrons. The second kappa shape index (κ2) is 56.6. The predicted octanol–water partition coefficient (Wildman–Crippen LogP) is 19.6. The van der Waals surface area contributed by atoms with Crippen molar-refractivity contribution >= 4 is 19.8 Å². The summed E-state index contributed by atoms with van der Waals surface area (Å²) in [6.07, 6.45) is 77.9. The van der Waals surface area contributed by atoms with Gasteiger partial charge in [-0.25, -0.2) is 4.57 Å². The second-order valence-corrected chi connectivity index (χ2v) is 23.2. The summed E-state index contributed by atoms with van der Waals surface area (Å²) in [6.45, 7) is 4.27. The minimum Gasteiger partial charge on any atom is -0.462 e. The van der Waals surface area contributed by atoms with Crippen LogP contribution in [0.25, 0.3) is 0 Å². The van der Waals surface area contributed by atoms with E-state index in [0.29, 0.717) is 17.4 Å². The van der Waals surface area contributed by atoms with E-state index in [1.165, 1.54) is 148 Å². The third-order valence-corrected chi connectivity index (χ3v) is 14.1. The fourth-order valence-electron chi connectivity index (χ4n) is 8.34. The highest BCUT2D eigenvalue weighted by molar-refractivity contribution is 7.47. The number of nitrogens with zero attached hydrogens (tertiary/aromatic N) is 1. The second-order valence-electron chi connectivity index (χ2n) is 21.7. The van der Waals surface area contributed by atoms with Crippen LogP contribution in [-0.4, -0.2) is 74.9 Å². The van der Waals surface area contributed by atoms with Gasteiger partial charge in [-0.15, -0.1) is 0 Å². The highest BCUT2D eigenvalue weighted by Crippen LogP contribution is 2.43. The summed E-state index contributed by atoms with van der Waals surface area (Å²) in [6, 6.07) is 0. The molecule has 10 heteroatoms. The lowest BCUT2D eigenvalue weighted by Crippen LogP contribution is -2.37. The van der Waals surface area contributed by atoms with Gasteiger partial charge in [0.2, 0.25) is 0 Å². The fourth-order valence-corrected chi connectivity index (χ4v) is 9.09. The molecule has 0 rings (SSSR count). The van der Waals surface area contributed by atoms with Crippen LogP contribution < -0.4 is 0 Å². The van der Waals surface area contributed by atoms with E-state index in [1.807, 2.05) is 21.1 Å². The summed E-state index contributed by atoms with van der Waals surface area (Å²) in [5.41, 5.74) is 0. The standard InChI is InChI=1S/C66H116NO8P/c1-6-8-10-12-14-16-18-20-22-24-26-28-29-30-31-32-33-34-35-36-37-39-40-42-44-46-48-50-52-54-56-58-65(68)72-62-64(63-74-76(70,71)73-61-60-67(3,4)5)75-66(69)59-57-55-53-51-49-47-45-43-41-38-27-25-23-21-19-17-15-13-11-9-7-2/h9,11,15,17-18,20-21,23-24,26-27,38,43,45,49,51,64H,6-8,10,12-14,16,19,22,25,28-37,39-42,44,46-48,50,52-63H2,1-5H3/p+1/b11-9-,17-15-,20-18-,23-21-,26-24-,38-27-,45-43-,51-49-. The summed E-state index contributed by atoms with van der Waals surface area (Å²) < 4.78 is 34.5. The first-order valence-electron chi connectivity index (χ1n) is 31.0. The monoisotopic (exact) mass is 1080 g/mol. The summed E-state index contributed by atoms with van der Waals surface area (Å²) in [4.78, 5) is 35.7. The van der Waals surface area contributed by atoms with Crippen LogP contribution in [0, 0.1) is 0 Å². The molecule has 0 aliphatic carbocycles. The number of likely N-dealkylation sites (N-methyl/N-ethyl adjacent to an activating group) is 1. The molecule has 0 aromatic rings. The lowest BCUT2D eigenvalue weighted by Gasteiger charge is -2.24. The maximum absolute atomic E-state index is 12.8. The molecule has 2 atom stereocenters. The molecular weight excluding hydrogens is 966 g/mol. The zero-order valence-electron chi connectivity index (χ0n) is 49.7. The van der Waals surface area contributed by atoms with E-state index in [1.54, 1.807) is 0 Å². The molecule has 0 saturated heterocycles. The van der Waals surface area contributed by atoms with Crippen LogP contribution in [-0.2, 0) is 32.7 Å². The minimum absolute atomic E-state index is 0.0192. The van der Waals surface area contributed by atoms with Crippen molar-refractivity contribution in [2.75, 3.05) is 47.5 Å². The van der Waals surface area contributed by atoms with Crippen LogP contribution in [0.2, 0.25) is 0 Å². The normalized spacial score (nSPS) is 13.9. The third kappa shape index (κ3) is 60.2. The Morgan fingerprint density at radius 3 is 1.14 bits per heavy atom. The highest BCUT2D eigenvalue weighted by Gasteiger charge is 2.27. The van der Waals surface area contributed by atoms with Crippen molar-refractivity contribution in [3.8, 4) is 0 Å². The average Bonchev–Trinajstić information content (AvgIpc) is 3.38. The van der Waals surface area contributed by atoms with Crippen LogP contribution in [0.1, 0.15) is 258 Å². The molecular formula is C66H117NO8P+. The molecule has 0 fully saturated rings. The molecule has 9 nitrogen and oxygen atoms in total. The molecule has 0 aliphatic rings. The van der Waals surface area contributed by atoms with Crippen LogP contribution >= 0.6 is 7.82 Å². The number of quaternary nitrogens is 1. The molecule has 0 aromatic heterocycles. The molecule has 0 saturated carbocycles. The number of ether oxygens (including phenoxy) is 2. The minimum atomic E-state index is -4.40. The van der Waals surface area contributed by atoms with Crippen LogP contribution in [0.4, 0.5) is 0 Å². The lowest BCUT2D eigenvalue weighted by atomic mass is 10.0. The molecule has 0 heterocycles. The Labute approximate surface area is 468 Å². The zero-order valence-corrected chi connectivity index (χ0v) is 50.6. The Morgan fingerprint density at radius 1 is 0.421 bits per heavy atom. The van der Waals surface area contributed by atoms with Crippen molar-refractivity contribution in [3.05, 3.63) is 97.2 Å². The van der Waals surface area contributed by atoms with Gasteiger partial charge >= 0.3 is 19.8 Å². The van der Waals surface area contributed by atoms with Gasteiger partial charge in [-0.3, -0.25) is 18.6 Å². The number of rotatable bonds is 56.